The van der Waals surface area contributed by atoms with Gasteiger partial charge in [0.2, 0.25) is 0 Å². The van der Waals surface area contributed by atoms with Crippen molar-refractivity contribution in [2.45, 2.75) is 45.3 Å². The molecule has 106 valence electrons. The molecule has 0 aromatic heterocycles. The highest BCUT2D eigenvalue weighted by atomic mass is 16.7. The summed E-state index contributed by atoms with van der Waals surface area (Å²) in [5.41, 5.74) is 1.61. The maximum atomic E-state index is 11.4. The van der Waals surface area contributed by atoms with Crippen molar-refractivity contribution in [3.05, 3.63) is 23.3 Å². The summed E-state index contributed by atoms with van der Waals surface area (Å²) in [4.78, 5) is 11.4. The van der Waals surface area contributed by atoms with E-state index < -0.39 is 18.3 Å². The molecule has 1 aromatic carbocycles. The van der Waals surface area contributed by atoms with Gasteiger partial charge in [0.15, 0.2) is 0 Å². The van der Waals surface area contributed by atoms with Crippen LogP contribution in [0.5, 0.6) is 5.75 Å². The van der Waals surface area contributed by atoms with Crippen molar-refractivity contribution < 1.29 is 18.8 Å². The van der Waals surface area contributed by atoms with E-state index in [2.05, 4.69) is 0 Å². The minimum Gasteiger partial charge on any atom is -0.493 e. The van der Waals surface area contributed by atoms with E-state index in [0.717, 1.165) is 29.5 Å². The van der Waals surface area contributed by atoms with Crippen LogP contribution in [0.1, 0.15) is 43.6 Å². The van der Waals surface area contributed by atoms with Gasteiger partial charge in [-0.05, 0) is 50.9 Å². The molecule has 0 atom stereocenters. The zero-order valence-electron chi connectivity index (χ0n) is 12.4. The number of hydrogen-bond donors (Lipinski definition) is 0. The van der Waals surface area contributed by atoms with Gasteiger partial charge >= 0.3 is 7.12 Å². The fourth-order valence-corrected chi connectivity index (χ4v) is 2.54. The van der Waals surface area contributed by atoms with Crippen molar-refractivity contribution in [1.82, 2.24) is 0 Å². The molecule has 0 unspecified atom stereocenters. The first-order valence-electron chi connectivity index (χ1n) is 6.94. The van der Waals surface area contributed by atoms with E-state index in [1.807, 2.05) is 39.8 Å². The molecule has 3 rings (SSSR count). The highest BCUT2D eigenvalue weighted by Crippen LogP contribution is 2.37. The molecule has 4 nitrogen and oxygen atoms in total. The lowest BCUT2D eigenvalue weighted by Gasteiger charge is -2.32. The lowest BCUT2D eigenvalue weighted by molar-refractivity contribution is 0.00578. The predicted octanol–water partition coefficient (Wildman–Crippen LogP) is 1.73. The number of carbonyl (C=O) groups is 1. The van der Waals surface area contributed by atoms with Crippen molar-refractivity contribution >= 4 is 18.9 Å². The van der Waals surface area contributed by atoms with Crippen molar-refractivity contribution in [2.75, 3.05) is 6.61 Å². The fourth-order valence-electron chi connectivity index (χ4n) is 2.54. The molecule has 2 heterocycles. The van der Waals surface area contributed by atoms with E-state index in [1.165, 1.54) is 0 Å². The van der Waals surface area contributed by atoms with Gasteiger partial charge in [-0.1, -0.05) is 0 Å². The summed E-state index contributed by atoms with van der Waals surface area (Å²) in [5, 5.41) is 0. The molecule has 0 spiro atoms. The van der Waals surface area contributed by atoms with Crippen LogP contribution in [-0.4, -0.2) is 31.2 Å². The smallest absolute Gasteiger partial charge is 0.493 e. The predicted molar refractivity (Wildman–Crippen MR) is 76.7 cm³/mol. The number of benzene rings is 1. The maximum absolute atomic E-state index is 11.4. The van der Waals surface area contributed by atoms with Crippen LogP contribution in [0.15, 0.2) is 12.1 Å². The second-order valence-corrected chi connectivity index (χ2v) is 6.39. The first-order chi connectivity index (χ1) is 9.34. The SMILES string of the molecule is CC1(C)OB(c2cc3c(cc2C=O)CCO3)OC1(C)C. The minimum absolute atomic E-state index is 0.419. The molecule has 0 radical (unpaired) electrons. The lowest BCUT2D eigenvalue weighted by atomic mass is 9.75. The standard InChI is InChI=1S/C15H19BO4/c1-14(2)15(3,4)20-16(19-14)12-8-13-10(5-6-18-13)7-11(12)9-17/h7-9H,5-6H2,1-4H3. The zero-order chi connectivity index (χ0) is 14.5. The van der Waals surface area contributed by atoms with Gasteiger partial charge in [0.05, 0.1) is 17.8 Å². The molecular formula is C15H19BO4. The number of fused-ring (bicyclic) bond motifs is 1. The zero-order valence-corrected chi connectivity index (χ0v) is 12.4. The highest BCUT2D eigenvalue weighted by Gasteiger charge is 2.52. The summed E-state index contributed by atoms with van der Waals surface area (Å²) in [6.45, 7) is 8.66. The maximum Gasteiger partial charge on any atom is 0.495 e. The molecule has 2 aliphatic heterocycles. The van der Waals surface area contributed by atoms with Crippen LogP contribution in [0.4, 0.5) is 0 Å². The molecule has 0 amide bonds. The Morgan fingerprint density at radius 1 is 1.15 bits per heavy atom. The number of hydrogen-bond acceptors (Lipinski definition) is 4. The summed E-state index contributed by atoms with van der Waals surface area (Å²) in [6.07, 6.45) is 1.71. The number of rotatable bonds is 2. The van der Waals surface area contributed by atoms with Crippen molar-refractivity contribution in [3.8, 4) is 5.75 Å². The summed E-state index contributed by atoms with van der Waals surface area (Å²) >= 11 is 0. The van der Waals surface area contributed by atoms with E-state index in [0.29, 0.717) is 12.2 Å². The van der Waals surface area contributed by atoms with Gasteiger partial charge in [0.25, 0.3) is 0 Å². The van der Waals surface area contributed by atoms with Crippen LogP contribution in [0.2, 0.25) is 0 Å². The molecule has 2 aliphatic rings. The molecule has 0 N–H and O–H groups in total. The molecule has 1 saturated heterocycles. The highest BCUT2D eigenvalue weighted by molar-refractivity contribution is 6.63. The molecule has 0 bridgehead atoms. The van der Waals surface area contributed by atoms with Crippen LogP contribution in [0.3, 0.4) is 0 Å². The minimum atomic E-state index is -0.533. The number of ether oxygens (including phenoxy) is 1. The third kappa shape index (κ3) is 1.96. The van der Waals surface area contributed by atoms with Gasteiger partial charge in [0, 0.05) is 12.0 Å². The van der Waals surface area contributed by atoms with E-state index >= 15 is 0 Å². The lowest BCUT2D eigenvalue weighted by Crippen LogP contribution is -2.41. The first kappa shape index (κ1) is 13.6. The molecular weight excluding hydrogens is 255 g/mol. The number of carbonyl (C=O) groups excluding carboxylic acids is 1. The van der Waals surface area contributed by atoms with Crippen LogP contribution in [-0.2, 0) is 15.7 Å². The van der Waals surface area contributed by atoms with Gasteiger partial charge in [-0.15, -0.1) is 0 Å². The van der Waals surface area contributed by atoms with E-state index in [9.17, 15) is 4.79 Å². The summed E-state index contributed by atoms with van der Waals surface area (Å²) < 4.78 is 17.6. The van der Waals surface area contributed by atoms with Gasteiger partial charge in [0.1, 0.15) is 12.0 Å². The third-order valence-electron chi connectivity index (χ3n) is 4.53. The van der Waals surface area contributed by atoms with Crippen molar-refractivity contribution in [3.63, 3.8) is 0 Å². The van der Waals surface area contributed by atoms with E-state index in [-0.39, 0.29) is 0 Å². The van der Waals surface area contributed by atoms with Gasteiger partial charge in [-0.3, -0.25) is 4.79 Å². The topological polar surface area (TPSA) is 44.8 Å². The normalized spacial score (nSPS) is 22.5. The van der Waals surface area contributed by atoms with Gasteiger partial charge in [-0.25, -0.2) is 0 Å². The third-order valence-corrected chi connectivity index (χ3v) is 4.53. The first-order valence-corrected chi connectivity index (χ1v) is 6.94. The Kier molecular flexibility index (Phi) is 2.96. The Bertz CT molecular complexity index is 549. The molecule has 5 heteroatoms. The van der Waals surface area contributed by atoms with Crippen molar-refractivity contribution in [2.24, 2.45) is 0 Å². The second-order valence-electron chi connectivity index (χ2n) is 6.39. The second kappa shape index (κ2) is 4.33. The van der Waals surface area contributed by atoms with Crippen LogP contribution in [0, 0.1) is 0 Å². The fraction of sp³-hybridized carbons (Fsp3) is 0.533. The Morgan fingerprint density at radius 2 is 1.80 bits per heavy atom. The monoisotopic (exact) mass is 274 g/mol. The molecule has 1 fully saturated rings. The summed E-state index contributed by atoms with van der Waals surface area (Å²) in [7, 11) is -0.533. The Morgan fingerprint density at radius 3 is 2.40 bits per heavy atom. The van der Waals surface area contributed by atoms with Crippen LogP contribution in [0.25, 0.3) is 0 Å². The van der Waals surface area contributed by atoms with E-state index in [1.54, 1.807) is 0 Å². The van der Waals surface area contributed by atoms with Crippen LogP contribution < -0.4 is 10.2 Å². The average molecular weight is 274 g/mol. The molecule has 1 aromatic rings. The number of aldehydes is 1. The van der Waals surface area contributed by atoms with Gasteiger partial charge < -0.3 is 14.0 Å². The van der Waals surface area contributed by atoms with Gasteiger partial charge in [-0.2, -0.15) is 0 Å². The van der Waals surface area contributed by atoms with E-state index in [4.69, 9.17) is 14.0 Å². The summed E-state index contributed by atoms with van der Waals surface area (Å²) in [6, 6.07) is 3.77. The quantitative estimate of drug-likeness (QED) is 0.608. The molecule has 0 saturated carbocycles. The molecule has 20 heavy (non-hydrogen) atoms. The Labute approximate surface area is 119 Å². The van der Waals surface area contributed by atoms with Crippen LogP contribution >= 0.6 is 0 Å². The molecule has 0 aliphatic carbocycles. The largest absolute Gasteiger partial charge is 0.495 e. The Balaban J connectivity index is 2.01. The summed E-state index contributed by atoms with van der Waals surface area (Å²) in [5.74, 6) is 0.834. The van der Waals surface area contributed by atoms with Crippen molar-refractivity contribution in [1.29, 1.82) is 0 Å². The Hall–Kier alpha value is -1.33. The average Bonchev–Trinajstić information content (AvgIpc) is 2.89.